The van der Waals surface area contributed by atoms with Gasteiger partial charge in [-0.25, -0.2) is 4.79 Å². The number of hydrogen-bond acceptors (Lipinski definition) is 3. The van der Waals surface area contributed by atoms with E-state index in [0.29, 0.717) is 18.8 Å². The maximum Gasteiger partial charge on any atom is 0.415 e. The topological polar surface area (TPSA) is 55.6 Å². The highest BCUT2D eigenvalue weighted by Gasteiger charge is 2.24. The number of aryl methyl sites for hydroxylation is 1. The lowest BCUT2D eigenvalue weighted by Gasteiger charge is -2.15. The van der Waals surface area contributed by atoms with Crippen molar-refractivity contribution in [1.29, 1.82) is 0 Å². The number of ether oxygens (including phenoxy) is 1. The number of nitrogens with zero attached hydrogens (tertiary/aromatic N) is 1. The first kappa shape index (κ1) is 11.9. The number of amides is 1. The SMILES string of the molecule is CCc1ccc(OC(=O)N2CCC(N)C2)cc1. The number of rotatable bonds is 2. The summed E-state index contributed by atoms with van der Waals surface area (Å²) in [4.78, 5) is 13.4. The molecule has 0 aliphatic carbocycles. The summed E-state index contributed by atoms with van der Waals surface area (Å²) in [7, 11) is 0. The van der Waals surface area contributed by atoms with Crippen LogP contribution < -0.4 is 10.5 Å². The van der Waals surface area contributed by atoms with Crippen molar-refractivity contribution in [3.05, 3.63) is 29.8 Å². The van der Waals surface area contributed by atoms with Crippen LogP contribution in [0.3, 0.4) is 0 Å². The molecule has 0 aromatic heterocycles. The van der Waals surface area contributed by atoms with Crippen LogP contribution in [0, 0.1) is 0 Å². The highest BCUT2D eigenvalue weighted by atomic mass is 16.6. The van der Waals surface area contributed by atoms with Crippen LogP contribution in [-0.4, -0.2) is 30.1 Å². The molecular weight excluding hydrogens is 216 g/mol. The van der Waals surface area contributed by atoms with Crippen molar-refractivity contribution in [2.24, 2.45) is 5.73 Å². The molecule has 0 saturated carbocycles. The third-order valence-electron chi connectivity index (χ3n) is 3.02. The van der Waals surface area contributed by atoms with Crippen LogP contribution in [0.25, 0.3) is 0 Å². The van der Waals surface area contributed by atoms with Crippen LogP contribution in [0.15, 0.2) is 24.3 Å². The van der Waals surface area contributed by atoms with Gasteiger partial charge in [-0.3, -0.25) is 0 Å². The van der Waals surface area contributed by atoms with Gasteiger partial charge in [-0.1, -0.05) is 19.1 Å². The first-order valence-electron chi connectivity index (χ1n) is 6.00. The number of carbonyl (C=O) groups excluding carboxylic acids is 1. The van der Waals surface area contributed by atoms with E-state index in [2.05, 4.69) is 6.92 Å². The maximum atomic E-state index is 11.8. The maximum absolute atomic E-state index is 11.8. The molecule has 0 radical (unpaired) electrons. The number of carbonyl (C=O) groups is 1. The lowest BCUT2D eigenvalue weighted by Crippen LogP contribution is -2.33. The van der Waals surface area contributed by atoms with Crippen molar-refractivity contribution < 1.29 is 9.53 Å². The summed E-state index contributed by atoms with van der Waals surface area (Å²) in [6.45, 7) is 3.37. The second kappa shape index (κ2) is 5.19. The quantitative estimate of drug-likeness (QED) is 0.848. The molecule has 17 heavy (non-hydrogen) atoms. The van der Waals surface area contributed by atoms with Crippen LogP contribution in [0.1, 0.15) is 18.9 Å². The summed E-state index contributed by atoms with van der Waals surface area (Å²) < 4.78 is 5.28. The van der Waals surface area contributed by atoms with Gasteiger partial charge >= 0.3 is 6.09 Å². The van der Waals surface area contributed by atoms with Gasteiger partial charge in [-0.15, -0.1) is 0 Å². The average Bonchev–Trinajstić information content (AvgIpc) is 2.77. The fourth-order valence-electron chi connectivity index (χ4n) is 1.91. The van der Waals surface area contributed by atoms with Crippen LogP contribution in [-0.2, 0) is 6.42 Å². The van der Waals surface area contributed by atoms with Crippen molar-refractivity contribution in [2.75, 3.05) is 13.1 Å². The average molecular weight is 234 g/mol. The smallest absolute Gasteiger partial charge is 0.410 e. The van der Waals surface area contributed by atoms with E-state index < -0.39 is 0 Å². The summed E-state index contributed by atoms with van der Waals surface area (Å²) in [5, 5.41) is 0. The van der Waals surface area contributed by atoms with Crippen molar-refractivity contribution in [2.45, 2.75) is 25.8 Å². The predicted molar refractivity (Wildman–Crippen MR) is 66.0 cm³/mol. The Bertz CT molecular complexity index is 389. The van der Waals surface area contributed by atoms with E-state index in [4.69, 9.17) is 10.5 Å². The molecule has 4 heteroatoms. The first-order valence-corrected chi connectivity index (χ1v) is 6.00. The van der Waals surface area contributed by atoms with Crippen LogP contribution in [0.4, 0.5) is 4.79 Å². The zero-order valence-corrected chi connectivity index (χ0v) is 10.1. The molecule has 1 aromatic carbocycles. The Morgan fingerprint density at radius 1 is 1.47 bits per heavy atom. The summed E-state index contributed by atoms with van der Waals surface area (Å²) in [6, 6.07) is 7.68. The summed E-state index contributed by atoms with van der Waals surface area (Å²) in [5.41, 5.74) is 6.97. The first-order chi connectivity index (χ1) is 8.19. The minimum Gasteiger partial charge on any atom is -0.410 e. The molecule has 1 atom stereocenters. The standard InChI is InChI=1S/C13H18N2O2/c1-2-10-3-5-12(6-4-10)17-13(16)15-8-7-11(14)9-15/h3-6,11H,2,7-9,14H2,1H3. The third-order valence-corrected chi connectivity index (χ3v) is 3.02. The molecule has 92 valence electrons. The Labute approximate surface area is 101 Å². The molecular formula is C13H18N2O2. The monoisotopic (exact) mass is 234 g/mol. The Balaban J connectivity index is 1.93. The van der Waals surface area contributed by atoms with E-state index >= 15 is 0 Å². The summed E-state index contributed by atoms with van der Waals surface area (Å²) in [6.07, 6.45) is 1.53. The zero-order chi connectivity index (χ0) is 12.3. The van der Waals surface area contributed by atoms with E-state index in [1.165, 1.54) is 5.56 Å². The van der Waals surface area contributed by atoms with Gasteiger partial charge in [0.05, 0.1) is 0 Å². The van der Waals surface area contributed by atoms with Crippen molar-refractivity contribution in [3.8, 4) is 5.75 Å². The van der Waals surface area contributed by atoms with Crippen molar-refractivity contribution >= 4 is 6.09 Å². The molecule has 1 fully saturated rings. The van der Waals surface area contributed by atoms with E-state index in [-0.39, 0.29) is 12.1 Å². The molecule has 1 aliphatic heterocycles. The fourth-order valence-corrected chi connectivity index (χ4v) is 1.91. The normalized spacial score (nSPS) is 19.4. The molecule has 1 amide bonds. The number of hydrogen-bond donors (Lipinski definition) is 1. The van der Waals surface area contributed by atoms with Gasteiger partial charge in [0.15, 0.2) is 0 Å². The third kappa shape index (κ3) is 2.97. The van der Waals surface area contributed by atoms with Gasteiger partial charge in [-0.2, -0.15) is 0 Å². The molecule has 1 heterocycles. The molecule has 4 nitrogen and oxygen atoms in total. The van der Waals surface area contributed by atoms with Gasteiger partial charge in [0.2, 0.25) is 0 Å². The Hall–Kier alpha value is -1.55. The minimum atomic E-state index is -0.304. The van der Waals surface area contributed by atoms with Crippen molar-refractivity contribution in [1.82, 2.24) is 4.90 Å². The molecule has 2 rings (SSSR count). The van der Waals surface area contributed by atoms with E-state index in [1.54, 1.807) is 4.90 Å². The second-order valence-electron chi connectivity index (χ2n) is 4.36. The van der Waals surface area contributed by atoms with Gasteiger partial charge < -0.3 is 15.4 Å². The fraction of sp³-hybridized carbons (Fsp3) is 0.462. The van der Waals surface area contributed by atoms with E-state index in [9.17, 15) is 4.79 Å². The zero-order valence-electron chi connectivity index (χ0n) is 10.1. The van der Waals surface area contributed by atoms with Crippen molar-refractivity contribution in [3.63, 3.8) is 0 Å². The van der Waals surface area contributed by atoms with Gasteiger partial charge in [0.25, 0.3) is 0 Å². The number of likely N-dealkylation sites (tertiary alicyclic amines) is 1. The number of nitrogens with two attached hydrogens (primary N) is 1. The van der Waals surface area contributed by atoms with Gasteiger partial charge in [0.1, 0.15) is 5.75 Å². The molecule has 1 unspecified atom stereocenters. The van der Waals surface area contributed by atoms with Crippen LogP contribution >= 0.6 is 0 Å². The van der Waals surface area contributed by atoms with Crippen LogP contribution in [0.5, 0.6) is 5.75 Å². The lowest BCUT2D eigenvalue weighted by atomic mass is 10.2. The number of benzene rings is 1. The highest BCUT2D eigenvalue weighted by Crippen LogP contribution is 2.15. The second-order valence-corrected chi connectivity index (χ2v) is 4.36. The molecule has 0 bridgehead atoms. The Morgan fingerprint density at radius 3 is 2.71 bits per heavy atom. The largest absolute Gasteiger partial charge is 0.415 e. The molecule has 1 aliphatic rings. The highest BCUT2D eigenvalue weighted by molar-refractivity contribution is 5.71. The lowest BCUT2D eigenvalue weighted by molar-refractivity contribution is 0.162. The van der Waals surface area contributed by atoms with E-state index in [1.807, 2.05) is 24.3 Å². The molecule has 2 N–H and O–H groups in total. The molecule has 1 saturated heterocycles. The molecule has 0 spiro atoms. The van der Waals surface area contributed by atoms with Crippen LogP contribution in [0.2, 0.25) is 0 Å². The summed E-state index contributed by atoms with van der Waals surface area (Å²) >= 11 is 0. The van der Waals surface area contributed by atoms with Gasteiger partial charge in [0, 0.05) is 19.1 Å². The Morgan fingerprint density at radius 2 is 2.18 bits per heavy atom. The molecule has 1 aromatic rings. The summed E-state index contributed by atoms with van der Waals surface area (Å²) in [5.74, 6) is 0.590. The predicted octanol–water partition coefficient (Wildman–Crippen LogP) is 1.78. The minimum absolute atomic E-state index is 0.0880. The Kier molecular flexibility index (Phi) is 3.64. The van der Waals surface area contributed by atoms with Gasteiger partial charge in [-0.05, 0) is 30.5 Å². The van der Waals surface area contributed by atoms with E-state index in [0.717, 1.165) is 12.8 Å².